The van der Waals surface area contributed by atoms with Crippen LogP contribution in [0.15, 0.2) is 22.7 Å². The molecule has 2 rings (SSSR count). The van der Waals surface area contributed by atoms with E-state index in [1.807, 2.05) is 12.1 Å². The standard InChI is InChI=1S/C14H21BrN2O2/c1-18-14-3-2-13(15)10-12(14)11-16-4-5-17-6-8-19-9-7-17/h2-3,10,16H,4-9,11H2,1H3/p+2. The van der Waals surface area contributed by atoms with E-state index in [0.29, 0.717) is 0 Å². The Labute approximate surface area is 123 Å². The van der Waals surface area contributed by atoms with Gasteiger partial charge in [0.05, 0.1) is 20.3 Å². The highest BCUT2D eigenvalue weighted by atomic mass is 79.9. The molecular weight excluding hydrogens is 308 g/mol. The van der Waals surface area contributed by atoms with Crippen LogP contribution in [0.3, 0.4) is 0 Å². The van der Waals surface area contributed by atoms with Gasteiger partial charge in [-0.2, -0.15) is 0 Å². The zero-order valence-electron chi connectivity index (χ0n) is 11.5. The van der Waals surface area contributed by atoms with Gasteiger partial charge in [0.2, 0.25) is 0 Å². The van der Waals surface area contributed by atoms with Crippen LogP contribution in [0.5, 0.6) is 5.75 Å². The van der Waals surface area contributed by atoms with Crippen molar-refractivity contribution in [1.29, 1.82) is 0 Å². The molecule has 1 heterocycles. The highest BCUT2D eigenvalue weighted by molar-refractivity contribution is 9.10. The molecule has 0 saturated carbocycles. The quantitative estimate of drug-likeness (QED) is 0.686. The first-order chi connectivity index (χ1) is 9.29. The van der Waals surface area contributed by atoms with Crippen molar-refractivity contribution in [2.24, 2.45) is 0 Å². The zero-order chi connectivity index (χ0) is 13.5. The van der Waals surface area contributed by atoms with Crippen molar-refractivity contribution in [3.63, 3.8) is 0 Å². The van der Waals surface area contributed by atoms with E-state index in [-0.39, 0.29) is 0 Å². The molecule has 3 N–H and O–H groups in total. The van der Waals surface area contributed by atoms with Gasteiger partial charge in [0.1, 0.15) is 38.5 Å². The third kappa shape index (κ3) is 4.76. The van der Waals surface area contributed by atoms with Gasteiger partial charge in [-0.25, -0.2) is 0 Å². The maximum atomic E-state index is 5.38. The molecule has 1 aromatic rings. The number of methoxy groups -OCH3 is 1. The molecule has 1 fully saturated rings. The first-order valence-electron chi connectivity index (χ1n) is 6.85. The molecule has 19 heavy (non-hydrogen) atoms. The molecule has 1 aromatic carbocycles. The van der Waals surface area contributed by atoms with Gasteiger partial charge in [0.25, 0.3) is 0 Å². The van der Waals surface area contributed by atoms with E-state index in [2.05, 4.69) is 27.3 Å². The van der Waals surface area contributed by atoms with Gasteiger partial charge in [-0.15, -0.1) is 0 Å². The van der Waals surface area contributed by atoms with E-state index in [1.165, 1.54) is 12.1 Å². The van der Waals surface area contributed by atoms with Crippen LogP contribution in [-0.2, 0) is 11.3 Å². The molecule has 0 spiro atoms. The summed E-state index contributed by atoms with van der Waals surface area (Å²) in [6.07, 6.45) is 0. The monoisotopic (exact) mass is 330 g/mol. The Kier molecular flexibility index (Phi) is 6.10. The fraction of sp³-hybridized carbons (Fsp3) is 0.571. The molecule has 0 atom stereocenters. The van der Waals surface area contributed by atoms with E-state index in [4.69, 9.17) is 9.47 Å². The fourth-order valence-corrected chi connectivity index (χ4v) is 2.79. The van der Waals surface area contributed by atoms with Gasteiger partial charge in [-0.05, 0) is 18.2 Å². The van der Waals surface area contributed by atoms with Crippen molar-refractivity contribution in [3.8, 4) is 5.75 Å². The Morgan fingerprint density at radius 1 is 1.37 bits per heavy atom. The number of hydrogen-bond acceptors (Lipinski definition) is 2. The summed E-state index contributed by atoms with van der Waals surface area (Å²) in [5.41, 5.74) is 1.24. The number of morpholine rings is 1. The van der Waals surface area contributed by atoms with Gasteiger partial charge in [0, 0.05) is 10.0 Å². The summed E-state index contributed by atoms with van der Waals surface area (Å²) in [5, 5.41) is 2.35. The Morgan fingerprint density at radius 3 is 2.89 bits per heavy atom. The average Bonchev–Trinajstić information content (AvgIpc) is 2.45. The lowest BCUT2D eigenvalue weighted by Crippen LogP contribution is -3.16. The molecule has 4 nitrogen and oxygen atoms in total. The third-order valence-electron chi connectivity index (χ3n) is 3.51. The maximum Gasteiger partial charge on any atom is 0.127 e. The van der Waals surface area contributed by atoms with Crippen LogP contribution in [0.2, 0.25) is 0 Å². The van der Waals surface area contributed by atoms with Crippen LogP contribution in [0.1, 0.15) is 5.56 Å². The van der Waals surface area contributed by atoms with E-state index < -0.39 is 0 Å². The minimum Gasteiger partial charge on any atom is -0.496 e. The predicted molar refractivity (Wildman–Crippen MR) is 77.6 cm³/mol. The SMILES string of the molecule is COc1ccc(Br)cc1C[NH2+]CC[NH+]1CCOCC1. The summed E-state index contributed by atoms with van der Waals surface area (Å²) < 4.78 is 11.9. The molecule has 1 aliphatic heterocycles. The number of quaternary nitrogens is 2. The number of nitrogens with two attached hydrogens (primary N) is 1. The van der Waals surface area contributed by atoms with E-state index in [1.54, 1.807) is 12.0 Å². The van der Waals surface area contributed by atoms with Crippen LogP contribution in [-0.4, -0.2) is 46.5 Å². The second kappa shape index (κ2) is 7.85. The van der Waals surface area contributed by atoms with E-state index >= 15 is 0 Å². The second-order valence-corrected chi connectivity index (χ2v) is 5.77. The number of halogens is 1. The number of benzene rings is 1. The third-order valence-corrected chi connectivity index (χ3v) is 4.00. The first kappa shape index (κ1) is 14.8. The Morgan fingerprint density at radius 2 is 2.16 bits per heavy atom. The minimum absolute atomic E-state index is 0.911. The smallest absolute Gasteiger partial charge is 0.127 e. The summed E-state index contributed by atoms with van der Waals surface area (Å²) >= 11 is 3.51. The Balaban J connectivity index is 1.74. The summed E-state index contributed by atoms with van der Waals surface area (Å²) in [6, 6.07) is 6.16. The Hall–Kier alpha value is -0.620. The fourth-order valence-electron chi connectivity index (χ4n) is 2.38. The molecule has 5 heteroatoms. The van der Waals surface area contributed by atoms with Crippen LogP contribution in [0.4, 0.5) is 0 Å². The maximum absolute atomic E-state index is 5.38. The molecule has 1 aliphatic rings. The molecule has 106 valence electrons. The molecule has 0 amide bonds. The molecule has 1 saturated heterocycles. The number of ether oxygens (including phenoxy) is 2. The molecule has 0 unspecified atom stereocenters. The predicted octanol–water partition coefficient (Wildman–Crippen LogP) is -0.564. The summed E-state index contributed by atoms with van der Waals surface area (Å²) in [5.74, 6) is 0.971. The average molecular weight is 331 g/mol. The molecule has 0 aliphatic carbocycles. The molecule has 0 bridgehead atoms. The van der Waals surface area contributed by atoms with Crippen molar-refractivity contribution in [3.05, 3.63) is 28.2 Å². The van der Waals surface area contributed by atoms with Crippen LogP contribution >= 0.6 is 15.9 Å². The van der Waals surface area contributed by atoms with Crippen LogP contribution in [0.25, 0.3) is 0 Å². The lowest BCUT2D eigenvalue weighted by molar-refractivity contribution is -0.920. The molecule has 0 radical (unpaired) electrons. The van der Waals surface area contributed by atoms with Crippen molar-refractivity contribution < 1.29 is 19.7 Å². The Bertz CT molecular complexity index is 395. The van der Waals surface area contributed by atoms with Gasteiger partial charge < -0.3 is 19.7 Å². The van der Waals surface area contributed by atoms with Crippen molar-refractivity contribution in [2.45, 2.75) is 6.54 Å². The molecule has 0 aromatic heterocycles. The normalized spacial score (nSPS) is 16.5. The van der Waals surface area contributed by atoms with Gasteiger partial charge >= 0.3 is 0 Å². The van der Waals surface area contributed by atoms with Gasteiger partial charge in [0.15, 0.2) is 0 Å². The summed E-state index contributed by atoms with van der Waals surface area (Å²) in [4.78, 5) is 1.66. The van der Waals surface area contributed by atoms with Crippen LogP contribution < -0.4 is 15.0 Å². The topological polar surface area (TPSA) is 39.5 Å². The van der Waals surface area contributed by atoms with Crippen LogP contribution in [0, 0.1) is 0 Å². The number of rotatable bonds is 6. The van der Waals surface area contributed by atoms with E-state index in [9.17, 15) is 0 Å². The summed E-state index contributed by atoms with van der Waals surface area (Å²) in [7, 11) is 1.73. The largest absolute Gasteiger partial charge is 0.496 e. The minimum atomic E-state index is 0.911. The van der Waals surface area contributed by atoms with Crippen molar-refractivity contribution >= 4 is 15.9 Å². The molecular formula is C14H23BrN2O2+2. The summed E-state index contributed by atoms with van der Waals surface area (Å²) in [6.45, 7) is 7.43. The van der Waals surface area contributed by atoms with Crippen molar-refractivity contribution in [1.82, 2.24) is 0 Å². The van der Waals surface area contributed by atoms with E-state index in [0.717, 1.165) is 49.6 Å². The lowest BCUT2D eigenvalue weighted by atomic mass is 10.2. The highest BCUT2D eigenvalue weighted by Crippen LogP contribution is 2.21. The highest BCUT2D eigenvalue weighted by Gasteiger charge is 2.14. The number of nitrogens with one attached hydrogen (secondary N) is 1. The number of hydrogen-bond donors (Lipinski definition) is 2. The second-order valence-electron chi connectivity index (χ2n) is 4.85. The lowest BCUT2D eigenvalue weighted by Gasteiger charge is -2.22. The van der Waals surface area contributed by atoms with Gasteiger partial charge in [-0.3, -0.25) is 0 Å². The first-order valence-corrected chi connectivity index (χ1v) is 7.64. The van der Waals surface area contributed by atoms with Gasteiger partial charge in [-0.1, -0.05) is 15.9 Å². The van der Waals surface area contributed by atoms with Crippen molar-refractivity contribution in [2.75, 3.05) is 46.5 Å². The zero-order valence-corrected chi connectivity index (χ0v) is 13.0.